The molecule has 2 heteroatoms. The van der Waals surface area contributed by atoms with Gasteiger partial charge in [-0.1, -0.05) is 43.7 Å². The average Bonchev–Trinajstić information content (AvgIpc) is 2.94. The Bertz CT molecular complexity index is 578. The molecule has 1 aliphatic rings. The lowest BCUT2D eigenvalue weighted by Gasteiger charge is -2.23. The highest BCUT2D eigenvalue weighted by molar-refractivity contribution is 5.88. The van der Waals surface area contributed by atoms with Crippen LogP contribution in [0.4, 0.5) is 0 Å². The smallest absolute Gasteiger partial charge is 0.124 e. The molecule has 1 aliphatic heterocycles. The summed E-state index contributed by atoms with van der Waals surface area (Å²) in [4.78, 5) is 0. The zero-order valence-electron chi connectivity index (χ0n) is 11.6. The monoisotopic (exact) mass is 255 g/mol. The van der Waals surface area contributed by atoms with Gasteiger partial charge < -0.3 is 10.1 Å². The Kier molecular flexibility index (Phi) is 3.43. The summed E-state index contributed by atoms with van der Waals surface area (Å²) in [5.74, 6) is 1.72. The van der Waals surface area contributed by atoms with E-state index in [1.807, 2.05) is 0 Å². The summed E-state index contributed by atoms with van der Waals surface area (Å²) in [5, 5.41) is 6.27. The van der Waals surface area contributed by atoms with E-state index in [0.717, 1.165) is 12.3 Å². The third-order valence-electron chi connectivity index (χ3n) is 4.34. The van der Waals surface area contributed by atoms with Crippen LogP contribution in [0.5, 0.6) is 5.75 Å². The Hall–Kier alpha value is -1.54. The van der Waals surface area contributed by atoms with Crippen LogP contribution in [-0.2, 0) is 0 Å². The van der Waals surface area contributed by atoms with Crippen LogP contribution in [-0.4, -0.2) is 13.7 Å². The van der Waals surface area contributed by atoms with Gasteiger partial charge in [-0.25, -0.2) is 0 Å². The summed E-state index contributed by atoms with van der Waals surface area (Å²) in [6.07, 6.45) is 2.47. The number of hydrogen-bond donors (Lipinski definition) is 1. The van der Waals surface area contributed by atoms with E-state index in [0.29, 0.717) is 12.0 Å². The lowest BCUT2D eigenvalue weighted by Crippen LogP contribution is -2.18. The van der Waals surface area contributed by atoms with Gasteiger partial charge in [-0.15, -0.1) is 0 Å². The van der Waals surface area contributed by atoms with Crippen molar-refractivity contribution in [2.75, 3.05) is 13.7 Å². The molecule has 1 fully saturated rings. The zero-order valence-corrected chi connectivity index (χ0v) is 11.6. The zero-order chi connectivity index (χ0) is 13.2. The molecule has 0 bridgehead atoms. The first kappa shape index (κ1) is 12.5. The van der Waals surface area contributed by atoms with E-state index in [1.54, 1.807) is 7.11 Å². The Morgan fingerprint density at radius 2 is 2.05 bits per heavy atom. The Morgan fingerprint density at radius 1 is 1.21 bits per heavy atom. The molecule has 2 atom stereocenters. The molecule has 1 saturated heterocycles. The van der Waals surface area contributed by atoms with E-state index in [4.69, 9.17) is 4.74 Å². The van der Waals surface area contributed by atoms with Crippen molar-refractivity contribution in [2.45, 2.75) is 25.8 Å². The molecule has 19 heavy (non-hydrogen) atoms. The number of methoxy groups -OCH3 is 1. The molecule has 2 aromatic rings. The molecule has 0 saturated carbocycles. The van der Waals surface area contributed by atoms with Crippen LogP contribution in [0.25, 0.3) is 10.8 Å². The number of benzene rings is 2. The third kappa shape index (κ3) is 2.10. The van der Waals surface area contributed by atoms with Crippen LogP contribution in [0.2, 0.25) is 0 Å². The Morgan fingerprint density at radius 3 is 2.84 bits per heavy atom. The molecule has 0 aromatic heterocycles. The quantitative estimate of drug-likeness (QED) is 0.898. The first-order valence-electron chi connectivity index (χ1n) is 7.14. The van der Waals surface area contributed by atoms with Gasteiger partial charge in [-0.3, -0.25) is 0 Å². The van der Waals surface area contributed by atoms with Gasteiger partial charge in [0.1, 0.15) is 5.75 Å². The molecule has 1 heterocycles. The first-order chi connectivity index (χ1) is 9.35. The standard InChI is InChI=1S/C17H21NO/c1-3-12-10-11-18-17(12)16-14-7-5-4-6-13(14)8-9-15(16)19-2/h4-9,12,17-18H,3,10-11H2,1-2H3. The normalized spacial score (nSPS) is 22.8. The van der Waals surface area contributed by atoms with E-state index in [-0.39, 0.29) is 0 Å². The predicted octanol–water partition coefficient (Wildman–Crippen LogP) is 3.91. The topological polar surface area (TPSA) is 21.3 Å². The average molecular weight is 255 g/mol. The summed E-state index contributed by atoms with van der Waals surface area (Å²) >= 11 is 0. The molecule has 2 unspecified atom stereocenters. The highest BCUT2D eigenvalue weighted by atomic mass is 16.5. The fourth-order valence-electron chi connectivity index (χ4n) is 3.31. The summed E-state index contributed by atoms with van der Waals surface area (Å²) in [6, 6.07) is 13.3. The number of fused-ring (bicyclic) bond motifs is 1. The van der Waals surface area contributed by atoms with Gasteiger partial charge in [0, 0.05) is 11.6 Å². The van der Waals surface area contributed by atoms with E-state index >= 15 is 0 Å². The van der Waals surface area contributed by atoms with Crippen molar-refractivity contribution in [3.05, 3.63) is 42.0 Å². The molecule has 2 aromatic carbocycles. The molecule has 0 aliphatic carbocycles. The predicted molar refractivity (Wildman–Crippen MR) is 79.6 cm³/mol. The summed E-state index contributed by atoms with van der Waals surface area (Å²) in [6.45, 7) is 3.39. The molecule has 100 valence electrons. The maximum Gasteiger partial charge on any atom is 0.124 e. The van der Waals surface area contributed by atoms with Crippen LogP contribution < -0.4 is 10.1 Å². The maximum atomic E-state index is 5.62. The van der Waals surface area contributed by atoms with Crippen molar-refractivity contribution in [3.63, 3.8) is 0 Å². The third-order valence-corrected chi connectivity index (χ3v) is 4.34. The molecular weight excluding hydrogens is 234 g/mol. The van der Waals surface area contributed by atoms with Gasteiger partial charge in [-0.05, 0) is 35.7 Å². The van der Waals surface area contributed by atoms with Gasteiger partial charge in [0.2, 0.25) is 0 Å². The fraction of sp³-hybridized carbons (Fsp3) is 0.412. The summed E-state index contributed by atoms with van der Waals surface area (Å²) < 4.78 is 5.62. The van der Waals surface area contributed by atoms with Gasteiger partial charge in [-0.2, -0.15) is 0 Å². The van der Waals surface area contributed by atoms with Gasteiger partial charge in [0.25, 0.3) is 0 Å². The second-order valence-electron chi connectivity index (χ2n) is 5.29. The number of rotatable bonds is 3. The van der Waals surface area contributed by atoms with Crippen molar-refractivity contribution < 1.29 is 4.74 Å². The van der Waals surface area contributed by atoms with E-state index in [9.17, 15) is 0 Å². The van der Waals surface area contributed by atoms with Crippen LogP contribution >= 0.6 is 0 Å². The van der Waals surface area contributed by atoms with Crippen LogP contribution in [0, 0.1) is 5.92 Å². The second-order valence-corrected chi connectivity index (χ2v) is 5.29. The highest BCUT2D eigenvalue weighted by Crippen LogP contribution is 2.40. The van der Waals surface area contributed by atoms with E-state index < -0.39 is 0 Å². The van der Waals surface area contributed by atoms with Gasteiger partial charge >= 0.3 is 0 Å². The molecule has 0 radical (unpaired) electrons. The number of ether oxygens (including phenoxy) is 1. The van der Waals surface area contributed by atoms with Crippen LogP contribution in [0.1, 0.15) is 31.4 Å². The minimum Gasteiger partial charge on any atom is -0.496 e. The Balaban J connectivity index is 2.19. The molecule has 0 amide bonds. The molecular formula is C17H21NO. The molecule has 3 rings (SSSR count). The molecule has 1 N–H and O–H groups in total. The SMILES string of the molecule is CCC1CCNC1c1c(OC)ccc2ccccc12. The highest BCUT2D eigenvalue weighted by Gasteiger charge is 2.30. The van der Waals surface area contributed by atoms with Crippen molar-refractivity contribution in [1.29, 1.82) is 0 Å². The van der Waals surface area contributed by atoms with Crippen LogP contribution in [0.15, 0.2) is 36.4 Å². The van der Waals surface area contributed by atoms with Crippen molar-refractivity contribution in [2.24, 2.45) is 5.92 Å². The van der Waals surface area contributed by atoms with Crippen LogP contribution in [0.3, 0.4) is 0 Å². The first-order valence-corrected chi connectivity index (χ1v) is 7.14. The summed E-state index contributed by atoms with van der Waals surface area (Å²) in [7, 11) is 1.77. The van der Waals surface area contributed by atoms with Crippen molar-refractivity contribution in [3.8, 4) is 5.75 Å². The lowest BCUT2D eigenvalue weighted by molar-refractivity contribution is 0.387. The molecule has 2 nitrogen and oxygen atoms in total. The van der Waals surface area contributed by atoms with Crippen molar-refractivity contribution >= 4 is 10.8 Å². The van der Waals surface area contributed by atoms with E-state index in [2.05, 4.69) is 48.6 Å². The largest absolute Gasteiger partial charge is 0.496 e. The Labute approximate surface area is 114 Å². The number of hydrogen-bond acceptors (Lipinski definition) is 2. The fourth-order valence-corrected chi connectivity index (χ4v) is 3.31. The molecule has 0 spiro atoms. The lowest BCUT2D eigenvalue weighted by atomic mass is 9.88. The minimum absolute atomic E-state index is 0.422. The van der Waals surface area contributed by atoms with Gasteiger partial charge in [0.05, 0.1) is 7.11 Å². The van der Waals surface area contributed by atoms with E-state index in [1.165, 1.54) is 29.2 Å². The summed E-state index contributed by atoms with van der Waals surface area (Å²) in [5.41, 5.74) is 1.34. The van der Waals surface area contributed by atoms with Gasteiger partial charge in [0.15, 0.2) is 0 Å². The second kappa shape index (κ2) is 5.22. The van der Waals surface area contributed by atoms with Crippen molar-refractivity contribution in [1.82, 2.24) is 5.32 Å². The minimum atomic E-state index is 0.422. The maximum absolute atomic E-state index is 5.62. The number of nitrogens with one attached hydrogen (secondary N) is 1.